The second kappa shape index (κ2) is 5.31. The summed E-state index contributed by atoms with van der Waals surface area (Å²) in [4.78, 5) is 5.10. The first kappa shape index (κ1) is 11.4. The predicted molar refractivity (Wildman–Crippen MR) is 65.1 cm³/mol. The van der Waals surface area contributed by atoms with Crippen molar-refractivity contribution in [3.05, 3.63) is 0 Å². The molecular formula is C13H26N2. The van der Waals surface area contributed by atoms with Crippen LogP contribution in [-0.4, -0.2) is 49.6 Å². The first-order valence-electron chi connectivity index (χ1n) is 6.64. The van der Waals surface area contributed by atoms with E-state index in [4.69, 9.17) is 0 Å². The Balaban J connectivity index is 1.68. The second-order valence-electron chi connectivity index (χ2n) is 5.65. The average molecular weight is 210 g/mol. The lowest BCUT2D eigenvalue weighted by molar-refractivity contribution is 0.130. The zero-order valence-electron chi connectivity index (χ0n) is 10.4. The van der Waals surface area contributed by atoms with E-state index in [9.17, 15) is 0 Å². The fraction of sp³-hybridized carbons (Fsp3) is 1.00. The van der Waals surface area contributed by atoms with Gasteiger partial charge in [0.1, 0.15) is 0 Å². The van der Waals surface area contributed by atoms with Crippen molar-refractivity contribution in [1.82, 2.24) is 9.80 Å². The summed E-state index contributed by atoms with van der Waals surface area (Å²) in [7, 11) is 4.44. The fourth-order valence-electron chi connectivity index (χ4n) is 3.18. The van der Waals surface area contributed by atoms with Gasteiger partial charge in [-0.1, -0.05) is 12.8 Å². The molecule has 0 aromatic carbocycles. The molecule has 2 aliphatic rings. The van der Waals surface area contributed by atoms with Gasteiger partial charge in [-0.25, -0.2) is 0 Å². The minimum absolute atomic E-state index is 0.838. The Morgan fingerprint density at radius 1 is 1.00 bits per heavy atom. The molecule has 1 saturated carbocycles. The highest BCUT2D eigenvalue weighted by Crippen LogP contribution is 2.26. The van der Waals surface area contributed by atoms with E-state index in [0.717, 1.165) is 12.0 Å². The SMILES string of the molecule is CN(C)C1CCN(CC2CCCC2)CC1. The van der Waals surface area contributed by atoms with Gasteiger partial charge in [0.15, 0.2) is 0 Å². The molecule has 0 atom stereocenters. The van der Waals surface area contributed by atoms with Crippen molar-refractivity contribution in [2.45, 2.75) is 44.6 Å². The average Bonchev–Trinajstić information content (AvgIpc) is 2.71. The molecule has 0 radical (unpaired) electrons. The molecule has 1 heterocycles. The third-order valence-corrected chi connectivity index (χ3v) is 4.28. The van der Waals surface area contributed by atoms with Crippen LogP contribution >= 0.6 is 0 Å². The monoisotopic (exact) mass is 210 g/mol. The Kier molecular flexibility index (Phi) is 4.04. The molecule has 15 heavy (non-hydrogen) atoms. The third-order valence-electron chi connectivity index (χ3n) is 4.28. The lowest BCUT2D eigenvalue weighted by Gasteiger charge is -2.36. The Morgan fingerprint density at radius 3 is 2.13 bits per heavy atom. The largest absolute Gasteiger partial charge is 0.306 e. The van der Waals surface area contributed by atoms with E-state index in [1.807, 2.05) is 0 Å². The number of hydrogen-bond acceptors (Lipinski definition) is 2. The lowest BCUT2D eigenvalue weighted by atomic mass is 10.0. The molecule has 88 valence electrons. The van der Waals surface area contributed by atoms with Gasteiger partial charge in [-0.15, -0.1) is 0 Å². The molecule has 0 bridgehead atoms. The topological polar surface area (TPSA) is 6.48 Å². The molecule has 2 heteroatoms. The maximum Gasteiger partial charge on any atom is 0.0113 e. The zero-order chi connectivity index (χ0) is 10.7. The summed E-state index contributed by atoms with van der Waals surface area (Å²) in [6, 6.07) is 0.838. The van der Waals surface area contributed by atoms with Gasteiger partial charge >= 0.3 is 0 Å². The van der Waals surface area contributed by atoms with Crippen LogP contribution in [0.15, 0.2) is 0 Å². The van der Waals surface area contributed by atoms with E-state index >= 15 is 0 Å². The summed E-state index contributed by atoms with van der Waals surface area (Å²) in [5.74, 6) is 1.03. The third kappa shape index (κ3) is 3.18. The van der Waals surface area contributed by atoms with Gasteiger partial charge in [0.2, 0.25) is 0 Å². The number of piperidine rings is 1. The van der Waals surface area contributed by atoms with Gasteiger partial charge in [-0.05, 0) is 58.8 Å². The van der Waals surface area contributed by atoms with Crippen LogP contribution in [0.3, 0.4) is 0 Å². The Bertz CT molecular complexity index is 177. The van der Waals surface area contributed by atoms with E-state index in [0.29, 0.717) is 0 Å². The van der Waals surface area contributed by atoms with Gasteiger partial charge < -0.3 is 9.80 Å². The van der Waals surface area contributed by atoms with Crippen molar-refractivity contribution >= 4 is 0 Å². The quantitative estimate of drug-likeness (QED) is 0.704. The van der Waals surface area contributed by atoms with Crippen LogP contribution in [0.25, 0.3) is 0 Å². The number of rotatable bonds is 3. The molecule has 1 saturated heterocycles. The molecule has 0 aromatic rings. The summed E-state index contributed by atoms with van der Waals surface area (Å²) >= 11 is 0. The second-order valence-corrected chi connectivity index (χ2v) is 5.65. The Hall–Kier alpha value is -0.0800. The minimum atomic E-state index is 0.838. The zero-order valence-corrected chi connectivity index (χ0v) is 10.4. The van der Waals surface area contributed by atoms with Crippen molar-refractivity contribution in [1.29, 1.82) is 0 Å². The van der Waals surface area contributed by atoms with E-state index in [-0.39, 0.29) is 0 Å². The van der Waals surface area contributed by atoms with Crippen LogP contribution in [0.4, 0.5) is 0 Å². The highest BCUT2D eigenvalue weighted by Gasteiger charge is 2.23. The van der Waals surface area contributed by atoms with Crippen LogP contribution in [0.2, 0.25) is 0 Å². The smallest absolute Gasteiger partial charge is 0.0113 e. The van der Waals surface area contributed by atoms with Crippen LogP contribution in [-0.2, 0) is 0 Å². The van der Waals surface area contributed by atoms with Crippen LogP contribution < -0.4 is 0 Å². The lowest BCUT2D eigenvalue weighted by Crippen LogP contribution is -2.43. The minimum Gasteiger partial charge on any atom is -0.306 e. The summed E-state index contributed by atoms with van der Waals surface area (Å²) in [6.45, 7) is 4.05. The van der Waals surface area contributed by atoms with Gasteiger partial charge in [-0.2, -0.15) is 0 Å². The van der Waals surface area contributed by atoms with Crippen LogP contribution in [0, 0.1) is 5.92 Å². The number of likely N-dealkylation sites (tertiary alicyclic amines) is 1. The molecule has 1 aliphatic carbocycles. The van der Waals surface area contributed by atoms with Gasteiger partial charge in [0, 0.05) is 12.6 Å². The highest BCUT2D eigenvalue weighted by atomic mass is 15.2. The van der Waals surface area contributed by atoms with E-state index in [1.54, 1.807) is 0 Å². The number of hydrogen-bond donors (Lipinski definition) is 0. The maximum atomic E-state index is 2.70. The highest BCUT2D eigenvalue weighted by molar-refractivity contribution is 4.79. The molecule has 0 unspecified atom stereocenters. The molecule has 0 N–H and O–H groups in total. The van der Waals surface area contributed by atoms with Crippen molar-refractivity contribution in [2.75, 3.05) is 33.7 Å². The summed E-state index contributed by atoms with van der Waals surface area (Å²) in [6.07, 6.45) is 8.71. The first-order valence-corrected chi connectivity index (χ1v) is 6.64. The molecule has 2 fully saturated rings. The Labute approximate surface area is 94.6 Å². The normalized spacial score (nSPS) is 26.6. The molecule has 0 spiro atoms. The van der Waals surface area contributed by atoms with Crippen LogP contribution in [0.5, 0.6) is 0 Å². The van der Waals surface area contributed by atoms with E-state index in [1.165, 1.54) is 58.2 Å². The van der Waals surface area contributed by atoms with Crippen molar-refractivity contribution in [3.63, 3.8) is 0 Å². The van der Waals surface area contributed by atoms with E-state index < -0.39 is 0 Å². The van der Waals surface area contributed by atoms with Crippen molar-refractivity contribution < 1.29 is 0 Å². The molecule has 0 aromatic heterocycles. The summed E-state index contributed by atoms with van der Waals surface area (Å²) in [5.41, 5.74) is 0. The van der Waals surface area contributed by atoms with Crippen molar-refractivity contribution in [2.24, 2.45) is 5.92 Å². The van der Waals surface area contributed by atoms with E-state index in [2.05, 4.69) is 23.9 Å². The molecule has 1 aliphatic heterocycles. The van der Waals surface area contributed by atoms with Crippen LogP contribution in [0.1, 0.15) is 38.5 Å². The summed E-state index contributed by atoms with van der Waals surface area (Å²) < 4.78 is 0. The van der Waals surface area contributed by atoms with Crippen molar-refractivity contribution in [3.8, 4) is 0 Å². The number of nitrogens with zero attached hydrogens (tertiary/aromatic N) is 2. The fourth-order valence-corrected chi connectivity index (χ4v) is 3.18. The summed E-state index contributed by atoms with van der Waals surface area (Å²) in [5, 5.41) is 0. The molecular weight excluding hydrogens is 184 g/mol. The van der Waals surface area contributed by atoms with Gasteiger partial charge in [-0.3, -0.25) is 0 Å². The standard InChI is InChI=1S/C13H26N2/c1-14(2)13-7-9-15(10-8-13)11-12-5-3-4-6-12/h12-13H,3-11H2,1-2H3. The molecule has 2 rings (SSSR count). The van der Waals surface area contributed by atoms with Gasteiger partial charge in [0.05, 0.1) is 0 Å². The first-order chi connectivity index (χ1) is 7.25. The molecule has 2 nitrogen and oxygen atoms in total. The Morgan fingerprint density at radius 2 is 1.60 bits per heavy atom. The maximum absolute atomic E-state index is 2.70. The molecule has 0 amide bonds. The van der Waals surface area contributed by atoms with Gasteiger partial charge in [0.25, 0.3) is 0 Å². The predicted octanol–water partition coefficient (Wildman–Crippen LogP) is 2.20.